The molecule has 3 aromatic heterocycles. The van der Waals surface area contributed by atoms with Gasteiger partial charge in [-0.15, -0.1) is 22.7 Å². The molecule has 1 N–H and O–H groups in total. The third-order valence-corrected chi connectivity index (χ3v) is 8.28. The number of nitriles is 3. The van der Waals surface area contributed by atoms with Gasteiger partial charge in [-0.05, 0) is 49.6 Å². The maximum Gasteiger partial charge on any atom is 0.235 e. The Balaban J connectivity index is 1.58. The first-order chi connectivity index (χ1) is 15.6. The summed E-state index contributed by atoms with van der Waals surface area (Å²) in [6.45, 7) is 1.73. The average molecular weight is 476 g/mol. The summed E-state index contributed by atoms with van der Waals surface area (Å²) in [6, 6.07) is 10.3. The lowest BCUT2D eigenvalue weighted by Crippen LogP contribution is -2.14. The minimum atomic E-state index is -0.254. The topological polar surface area (TPSA) is 113 Å². The molecule has 1 aliphatic carbocycles. The SMILES string of the molecule is Cc1nc(SCC(=O)Nc2sc3c(c2C#N)CCCC3)c(C#N)c(-c2cccs2)c1C#N. The van der Waals surface area contributed by atoms with E-state index in [2.05, 4.69) is 28.5 Å². The van der Waals surface area contributed by atoms with E-state index in [-0.39, 0.29) is 11.7 Å². The molecule has 3 heterocycles. The van der Waals surface area contributed by atoms with Crippen LogP contribution in [0.1, 0.15) is 45.7 Å². The van der Waals surface area contributed by atoms with Crippen molar-refractivity contribution in [2.45, 2.75) is 37.6 Å². The molecule has 1 aliphatic rings. The molecule has 0 saturated carbocycles. The van der Waals surface area contributed by atoms with Crippen molar-refractivity contribution in [1.82, 2.24) is 4.98 Å². The van der Waals surface area contributed by atoms with E-state index >= 15 is 0 Å². The van der Waals surface area contributed by atoms with E-state index in [1.807, 2.05) is 17.5 Å². The van der Waals surface area contributed by atoms with Gasteiger partial charge in [-0.3, -0.25) is 4.79 Å². The van der Waals surface area contributed by atoms with E-state index in [1.54, 1.807) is 6.92 Å². The van der Waals surface area contributed by atoms with Crippen LogP contribution in [0.15, 0.2) is 22.5 Å². The van der Waals surface area contributed by atoms with Crippen LogP contribution in [-0.2, 0) is 17.6 Å². The van der Waals surface area contributed by atoms with Gasteiger partial charge in [0.15, 0.2) is 0 Å². The molecule has 158 valence electrons. The predicted octanol–water partition coefficient (Wildman–Crippen LogP) is 5.40. The fourth-order valence-electron chi connectivity index (χ4n) is 3.76. The number of amides is 1. The summed E-state index contributed by atoms with van der Waals surface area (Å²) in [5.74, 6) is -0.208. The lowest BCUT2D eigenvalue weighted by atomic mass is 9.96. The van der Waals surface area contributed by atoms with E-state index in [0.29, 0.717) is 38.0 Å². The molecule has 0 unspecified atom stereocenters. The summed E-state index contributed by atoms with van der Waals surface area (Å²) in [4.78, 5) is 19.1. The van der Waals surface area contributed by atoms with Crippen LogP contribution in [0.5, 0.6) is 0 Å². The number of anilines is 1. The van der Waals surface area contributed by atoms with E-state index in [9.17, 15) is 20.6 Å². The van der Waals surface area contributed by atoms with Gasteiger partial charge in [0, 0.05) is 15.3 Å². The second-order valence-electron chi connectivity index (χ2n) is 7.19. The molecule has 0 atom stereocenters. The third-order valence-electron chi connectivity index (χ3n) is 5.21. The van der Waals surface area contributed by atoms with Gasteiger partial charge >= 0.3 is 0 Å². The Kier molecular flexibility index (Phi) is 6.58. The van der Waals surface area contributed by atoms with Crippen molar-refractivity contribution in [2.24, 2.45) is 0 Å². The Labute approximate surface area is 198 Å². The van der Waals surface area contributed by atoms with Crippen LogP contribution >= 0.6 is 34.4 Å². The summed E-state index contributed by atoms with van der Waals surface area (Å²) in [7, 11) is 0. The van der Waals surface area contributed by atoms with E-state index in [1.165, 1.54) is 27.6 Å². The Morgan fingerprint density at radius 3 is 2.59 bits per heavy atom. The standard InChI is InChI=1S/C23H17N5OS3/c1-13-15(9-24)21(19-7-4-8-30-19)17(11-26)22(27-13)31-12-20(29)28-23-16(10-25)14-5-2-3-6-18(14)32-23/h4,7-8H,2-3,5-6,12H2,1H3,(H,28,29). The second kappa shape index (κ2) is 9.54. The van der Waals surface area contributed by atoms with Crippen LogP contribution in [-0.4, -0.2) is 16.6 Å². The number of fused-ring (bicyclic) bond motifs is 1. The third kappa shape index (κ3) is 4.13. The maximum absolute atomic E-state index is 12.7. The normalized spacial score (nSPS) is 12.3. The molecule has 0 fully saturated rings. The average Bonchev–Trinajstić information content (AvgIpc) is 3.44. The molecule has 6 nitrogen and oxygen atoms in total. The number of carbonyl (C=O) groups excluding carboxylic acids is 1. The van der Waals surface area contributed by atoms with Gasteiger partial charge in [0.25, 0.3) is 0 Å². The van der Waals surface area contributed by atoms with Crippen molar-refractivity contribution in [2.75, 3.05) is 11.1 Å². The van der Waals surface area contributed by atoms with Crippen LogP contribution < -0.4 is 5.32 Å². The van der Waals surface area contributed by atoms with Crippen molar-refractivity contribution in [3.05, 3.63) is 50.3 Å². The molecule has 0 bridgehead atoms. The highest BCUT2D eigenvalue weighted by Gasteiger charge is 2.23. The van der Waals surface area contributed by atoms with Crippen LogP contribution in [0.25, 0.3) is 10.4 Å². The van der Waals surface area contributed by atoms with Gasteiger partial charge < -0.3 is 5.32 Å². The Hall–Kier alpha value is -3.16. The quantitative estimate of drug-likeness (QED) is 0.494. The van der Waals surface area contributed by atoms with E-state index in [0.717, 1.165) is 47.9 Å². The van der Waals surface area contributed by atoms with Crippen molar-refractivity contribution in [3.8, 4) is 28.6 Å². The monoisotopic (exact) mass is 475 g/mol. The number of hydrogen-bond acceptors (Lipinski definition) is 8. The Bertz CT molecular complexity index is 1320. The minimum Gasteiger partial charge on any atom is -0.316 e. The lowest BCUT2D eigenvalue weighted by molar-refractivity contribution is -0.113. The van der Waals surface area contributed by atoms with Gasteiger partial charge in [0.1, 0.15) is 28.2 Å². The Morgan fingerprint density at radius 1 is 1.16 bits per heavy atom. The Morgan fingerprint density at radius 2 is 1.91 bits per heavy atom. The number of thioether (sulfide) groups is 1. The molecule has 3 aromatic rings. The van der Waals surface area contributed by atoms with Crippen molar-refractivity contribution in [1.29, 1.82) is 15.8 Å². The van der Waals surface area contributed by atoms with Gasteiger partial charge in [-0.1, -0.05) is 17.8 Å². The number of aromatic nitrogens is 1. The van der Waals surface area contributed by atoms with Gasteiger partial charge in [0.05, 0.1) is 28.1 Å². The fraction of sp³-hybridized carbons (Fsp3) is 0.261. The molecule has 0 radical (unpaired) electrons. The van der Waals surface area contributed by atoms with Crippen molar-refractivity contribution in [3.63, 3.8) is 0 Å². The molecule has 4 rings (SSSR count). The summed E-state index contributed by atoms with van der Waals surface area (Å²) in [5.41, 5.74) is 3.42. The largest absolute Gasteiger partial charge is 0.316 e. The molecular weight excluding hydrogens is 458 g/mol. The second-order valence-corrected chi connectivity index (χ2v) is 10.2. The molecule has 0 spiro atoms. The molecule has 0 aliphatic heterocycles. The van der Waals surface area contributed by atoms with Gasteiger partial charge in [-0.25, -0.2) is 4.98 Å². The zero-order valence-corrected chi connectivity index (χ0v) is 19.6. The molecule has 1 amide bonds. The number of nitrogens with zero attached hydrogens (tertiary/aromatic N) is 4. The number of nitrogens with one attached hydrogen (secondary N) is 1. The predicted molar refractivity (Wildman–Crippen MR) is 127 cm³/mol. The molecule has 0 saturated heterocycles. The van der Waals surface area contributed by atoms with E-state index < -0.39 is 0 Å². The maximum atomic E-state index is 12.7. The van der Waals surface area contributed by atoms with Crippen molar-refractivity contribution < 1.29 is 4.79 Å². The van der Waals surface area contributed by atoms with Crippen LogP contribution in [0, 0.1) is 40.9 Å². The zero-order valence-electron chi connectivity index (χ0n) is 17.2. The van der Waals surface area contributed by atoms with Crippen LogP contribution in [0.4, 0.5) is 5.00 Å². The molecule has 32 heavy (non-hydrogen) atoms. The molecular formula is C23H17N5OS3. The number of aryl methyl sites for hydroxylation is 2. The number of rotatable bonds is 5. The first-order valence-electron chi connectivity index (χ1n) is 9.93. The van der Waals surface area contributed by atoms with Crippen molar-refractivity contribution >= 4 is 45.3 Å². The number of hydrogen-bond donors (Lipinski definition) is 1. The summed E-state index contributed by atoms with van der Waals surface area (Å²) >= 11 is 4.10. The summed E-state index contributed by atoms with van der Waals surface area (Å²) in [6.07, 6.45) is 4.00. The van der Waals surface area contributed by atoms with Crippen LogP contribution in [0.2, 0.25) is 0 Å². The molecule has 0 aromatic carbocycles. The number of carbonyl (C=O) groups is 1. The summed E-state index contributed by atoms with van der Waals surface area (Å²) < 4.78 is 0. The lowest BCUT2D eigenvalue weighted by Gasteiger charge is -2.12. The highest BCUT2D eigenvalue weighted by atomic mass is 32.2. The fourth-order valence-corrected chi connectivity index (χ4v) is 6.63. The summed E-state index contributed by atoms with van der Waals surface area (Å²) in [5, 5.41) is 34.8. The first kappa shape index (κ1) is 22.0. The zero-order chi connectivity index (χ0) is 22.7. The minimum absolute atomic E-state index is 0.0460. The van der Waals surface area contributed by atoms with Gasteiger partial charge in [-0.2, -0.15) is 15.8 Å². The van der Waals surface area contributed by atoms with Crippen LogP contribution in [0.3, 0.4) is 0 Å². The number of thiophene rings is 2. The first-order valence-corrected chi connectivity index (χ1v) is 12.6. The van der Waals surface area contributed by atoms with Gasteiger partial charge in [0.2, 0.25) is 5.91 Å². The number of pyridine rings is 1. The highest BCUT2D eigenvalue weighted by Crippen LogP contribution is 2.39. The van der Waals surface area contributed by atoms with E-state index in [4.69, 9.17) is 0 Å². The molecule has 9 heteroatoms. The highest BCUT2D eigenvalue weighted by molar-refractivity contribution is 8.00. The smallest absolute Gasteiger partial charge is 0.235 e.